The Hall–Kier alpha value is -3.22. The van der Waals surface area contributed by atoms with E-state index in [9.17, 15) is 18.4 Å². The van der Waals surface area contributed by atoms with E-state index >= 15 is 0 Å². The lowest BCUT2D eigenvalue weighted by atomic mass is 10.2. The standard InChI is InChI=1S/C21H20F2N2O3/c22-17-5-3-4-16(14-17)8-9-21(27)28-15-20(26)25-12-10-24(11-13-25)19-7-2-1-6-18(19)23/h1-9,14H,10-13,15H2/b9-8+. The Kier molecular flexibility index (Phi) is 6.37. The lowest BCUT2D eigenvalue weighted by Gasteiger charge is -2.36. The molecule has 0 aromatic heterocycles. The first-order valence-electron chi connectivity index (χ1n) is 8.90. The van der Waals surface area contributed by atoms with Gasteiger partial charge in [-0.1, -0.05) is 24.3 Å². The van der Waals surface area contributed by atoms with Gasteiger partial charge >= 0.3 is 5.97 Å². The summed E-state index contributed by atoms with van der Waals surface area (Å²) in [6, 6.07) is 12.3. The molecule has 0 radical (unpaired) electrons. The van der Waals surface area contributed by atoms with Crippen molar-refractivity contribution in [3.8, 4) is 0 Å². The van der Waals surface area contributed by atoms with Crippen molar-refractivity contribution in [3.63, 3.8) is 0 Å². The number of carbonyl (C=O) groups excluding carboxylic acids is 2. The number of esters is 1. The van der Waals surface area contributed by atoms with E-state index in [1.165, 1.54) is 30.3 Å². The number of anilines is 1. The van der Waals surface area contributed by atoms with Gasteiger partial charge in [-0.05, 0) is 35.9 Å². The molecule has 1 amide bonds. The van der Waals surface area contributed by atoms with Gasteiger partial charge in [0.1, 0.15) is 11.6 Å². The van der Waals surface area contributed by atoms with Crippen molar-refractivity contribution < 1.29 is 23.1 Å². The molecule has 0 bridgehead atoms. The Labute approximate surface area is 161 Å². The Balaban J connectivity index is 1.44. The normalized spacial score (nSPS) is 14.4. The zero-order valence-electron chi connectivity index (χ0n) is 15.2. The molecular formula is C21H20F2N2O3. The highest BCUT2D eigenvalue weighted by Gasteiger charge is 2.23. The van der Waals surface area contributed by atoms with Gasteiger partial charge in [0.05, 0.1) is 5.69 Å². The lowest BCUT2D eigenvalue weighted by Crippen LogP contribution is -2.50. The van der Waals surface area contributed by atoms with Gasteiger partial charge in [0.15, 0.2) is 6.61 Å². The Bertz CT molecular complexity index is 877. The molecule has 2 aromatic carbocycles. The molecule has 28 heavy (non-hydrogen) atoms. The van der Waals surface area contributed by atoms with Gasteiger partial charge in [-0.2, -0.15) is 0 Å². The minimum atomic E-state index is -0.678. The monoisotopic (exact) mass is 386 g/mol. The van der Waals surface area contributed by atoms with Crippen LogP contribution in [0.4, 0.5) is 14.5 Å². The Morgan fingerprint density at radius 2 is 1.75 bits per heavy atom. The number of carbonyl (C=O) groups is 2. The molecule has 5 nitrogen and oxygen atoms in total. The Morgan fingerprint density at radius 3 is 2.46 bits per heavy atom. The summed E-state index contributed by atoms with van der Waals surface area (Å²) in [7, 11) is 0. The van der Waals surface area contributed by atoms with Gasteiger partial charge in [-0.25, -0.2) is 13.6 Å². The molecule has 0 aliphatic carbocycles. The van der Waals surface area contributed by atoms with E-state index in [1.807, 2.05) is 4.90 Å². The second kappa shape index (κ2) is 9.12. The van der Waals surface area contributed by atoms with Crippen LogP contribution in [0, 0.1) is 11.6 Å². The smallest absolute Gasteiger partial charge is 0.331 e. The quantitative estimate of drug-likeness (QED) is 0.586. The number of piperazine rings is 1. The number of benzene rings is 2. The maximum absolute atomic E-state index is 13.8. The molecule has 0 spiro atoms. The first-order chi connectivity index (χ1) is 13.5. The van der Waals surface area contributed by atoms with E-state index in [4.69, 9.17) is 4.74 Å². The zero-order valence-corrected chi connectivity index (χ0v) is 15.2. The number of rotatable bonds is 5. The molecule has 7 heteroatoms. The number of nitrogens with zero attached hydrogens (tertiary/aromatic N) is 2. The number of hydrogen-bond acceptors (Lipinski definition) is 4. The van der Waals surface area contributed by atoms with Crippen LogP contribution in [0.25, 0.3) is 6.08 Å². The molecule has 1 aliphatic heterocycles. The summed E-state index contributed by atoms with van der Waals surface area (Å²) in [6.45, 7) is 1.47. The fourth-order valence-corrected chi connectivity index (χ4v) is 2.95. The van der Waals surface area contributed by atoms with E-state index in [0.717, 1.165) is 6.08 Å². The van der Waals surface area contributed by atoms with E-state index < -0.39 is 11.8 Å². The first-order valence-corrected chi connectivity index (χ1v) is 8.90. The van der Waals surface area contributed by atoms with Gasteiger partial charge in [-0.15, -0.1) is 0 Å². The average Bonchev–Trinajstić information content (AvgIpc) is 2.71. The second-order valence-electron chi connectivity index (χ2n) is 6.32. The molecule has 2 aromatic rings. The van der Waals surface area contributed by atoms with Crippen molar-refractivity contribution >= 4 is 23.6 Å². The second-order valence-corrected chi connectivity index (χ2v) is 6.32. The van der Waals surface area contributed by atoms with Crippen molar-refractivity contribution in [1.29, 1.82) is 0 Å². The van der Waals surface area contributed by atoms with Gasteiger partial charge in [0.2, 0.25) is 0 Å². The molecule has 146 valence electrons. The zero-order chi connectivity index (χ0) is 19.9. The summed E-state index contributed by atoms with van der Waals surface area (Å²) in [5.74, 6) is -1.68. The fraction of sp³-hybridized carbons (Fsp3) is 0.238. The summed E-state index contributed by atoms with van der Waals surface area (Å²) < 4.78 is 31.9. The van der Waals surface area contributed by atoms with Crippen LogP contribution in [0.1, 0.15) is 5.56 Å². The fourth-order valence-electron chi connectivity index (χ4n) is 2.95. The summed E-state index contributed by atoms with van der Waals surface area (Å²) in [5.41, 5.74) is 1.04. The summed E-state index contributed by atoms with van der Waals surface area (Å²) in [4.78, 5) is 27.4. The van der Waals surface area contributed by atoms with Gasteiger partial charge in [0, 0.05) is 32.3 Å². The highest BCUT2D eigenvalue weighted by atomic mass is 19.1. The maximum Gasteiger partial charge on any atom is 0.331 e. The molecule has 0 unspecified atom stereocenters. The predicted molar refractivity (Wildman–Crippen MR) is 102 cm³/mol. The minimum Gasteiger partial charge on any atom is -0.452 e. The minimum absolute atomic E-state index is 0.290. The predicted octanol–water partition coefficient (Wildman–Crippen LogP) is 2.87. The summed E-state index contributed by atoms with van der Waals surface area (Å²) in [5, 5.41) is 0. The third-order valence-electron chi connectivity index (χ3n) is 4.42. The highest BCUT2D eigenvalue weighted by Crippen LogP contribution is 2.20. The topological polar surface area (TPSA) is 49.9 Å². The molecule has 0 saturated carbocycles. The van der Waals surface area contributed by atoms with Crippen LogP contribution in [-0.4, -0.2) is 49.6 Å². The van der Waals surface area contributed by atoms with Crippen LogP contribution in [0.2, 0.25) is 0 Å². The van der Waals surface area contributed by atoms with Crippen molar-refractivity contribution in [1.82, 2.24) is 4.90 Å². The molecule has 0 atom stereocenters. The lowest BCUT2D eigenvalue weighted by molar-refractivity contribution is -0.148. The number of hydrogen-bond donors (Lipinski definition) is 0. The molecule has 1 aliphatic rings. The van der Waals surface area contributed by atoms with E-state index in [2.05, 4.69) is 0 Å². The van der Waals surface area contributed by atoms with Gasteiger partial charge < -0.3 is 14.5 Å². The molecule has 1 heterocycles. The van der Waals surface area contributed by atoms with Gasteiger partial charge in [-0.3, -0.25) is 4.79 Å². The molecule has 1 fully saturated rings. The first kappa shape index (κ1) is 19.5. The van der Waals surface area contributed by atoms with Crippen molar-refractivity contribution in [2.45, 2.75) is 0 Å². The van der Waals surface area contributed by atoms with Crippen molar-refractivity contribution in [2.24, 2.45) is 0 Å². The van der Waals surface area contributed by atoms with Crippen LogP contribution in [0.15, 0.2) is 54.6 Å². The number of ether oxygens (including phenoxy) is 1. The van der Waals surface area contributed by atoms with Crippen LogP contribution in [-0.2, 0) is 14.3 Å². The summed E-state index contributed by atoms with van der Waals surface area (Å²) >= 11 is 0. The third-order valence-corrected chi connectivity index (χ3v) is 4.42. The molecule has 3 rings (SSSR count). The highest BCUT2D eigenvalue weighted by molar-refractivity contribution is 5.89. The van der Waals surface area contributed by atoms with E-state index in [-0.39, 0.29) is 18.3 Å². The van der Waals surface area contributed by atoms with Crippen LogP contribution >= 0.6 is 0 Å². The summed E-state index contributed by atoms with van der Waals surface area (Å²) in [6.07, 6.45) is 2.57. The van der Waals surface area contributed by atoms with Crippen LogP contribution in [0.5, 0.6) is 0 Å². The van der Waals surface area contributed by atoms with E-state index in [0.29, 0.717) is 37.4 Å². The average molecular weight is 386 g/mol. The Morgan fingerprint density at radius 1 is 1.00 bits per heavy atom. The maximum atomic E-state index is 13.8. The largest absolute Gasteiger partial charge is 0.452 e. The van der Waals surface area contributed by atoms with Crippen LogP contribution < -0.4 is 4.90 Å². The molecule has 1 saturated heterocycles. The van der Waals surface area contributed by atoms with Crippen molar-refractivity contribution in [3.05, 3.63) is 71.8 Å². The number of para-hydroxylation sites is 1. The SMILES string of the molecule is O=C(/C=C/c1cccc(F)c1)OCC(=O)N1CCN(c2ccccc2F)CC1. The van der Waals surface area contributed by atoms with Crippen LogP contribution in [0.3, 0.4) is 0 Å². The van der Waals surface area contributed by atoms with Crippen molar-refractivity contribution in [2.75, 3.05) is 37.7 Å². The molecular weight excluding hydrogens is 366 g/mol. The third kappa shape index (κ3) is 5.16. The van der Waals surface area contributed by atoms with E-state index in [1.54, 1.807) is 29.2 Å². The van der Waals surface area contributed by atoms with Gasteiger partial charge in [0.25, 0.3) is 5.91 Å². The molecule has 0 N–H and O–H groups in total. The number of amides is 1. The number of halogens is 2.